The Labute approximate surface area is 166 Å². The molecule has 29 heavy (non-hydrogen) atoms. The molecule has 0 bridgehead atoms. The van der Waals surface area contributed by atoms with Gasteiger partial charge in [-0.05, 0) is 44.5 Å². The Kier molecular flexibility index (Phi) is 5.88. The van der Waals surface area contributed by atoms with Crippen molar-refractivity contribution in [1.82, 2.24) is 15.1 Å². The van der Waals surface area contributed by atoms with Gasteiger partial charge in [0.15, 0.2) is 0 Å². The van der Waals surface area contributed by atoms with Gasteiger partial charge in [0.05, 0.1) is 17.9 Å². The van der Waals surface area contributed by atoms with E-state index in [-0.39, 0.29) is 24.2 Å². The number of hydrogen-bond acceptors (Lipinski definition) is 4. The molecule has 1 fully saturated rings. The molecule has 9 heteroatoms. The summed E-state index contributed by atoms with van der Waals surface area (Å²) in [6.45, 7) is 4.21. The fraction of sp³-hybridized carbons (Fsp3) is 0.500. The molecule has 1 saturated heterocycles. The van der Waals surface area contributed by atoms with Crippen molar-refractivity contribution in [2.45, 2.75) is 44.4 Å². The third-order valence-corrected chi connectivity index (χ3v) is 4.87. The van der Waals surface area contributed by atoms with Crippen LogP contribution in [0.2, 0.25) is 0 Å². The second-order valence-electron chi connectivity index (χ2n) is 7.74. The van der Waals surface area contributed by atoms with Gasteiger partial charge in [-0.25, -0.2) is 0 Å². The first-order valence-corrected chi connectivity index (χ1v) is 9.40. The highest BCUT2D eigenvalue weighted by Gasteiger charge is 2.35. The number of benzene rings is 1. The molecule has 0 aliphatic carbocycles. The zero-order valence-corrected chi connectivity index (χ0v) is 16.3. The van der Waals surface area contributed by atoms with E-state index in [0.717, 1.165) is 29.9 Å². The normalized spacial score (nSPS) is 17.6. The number of ether oxygens (including phenoxy) is 1. The van der Waals surface area contributed by atoms with Crippen molar-refractivity contribution in [1.29, 1.82) is 0 Å². The standard InChI is InChI=1S/C20H24F3N3O3/c1-19(2,28)18(27)26-8-6-13(12-26)17-11-15(24-25-17)7-9-29-16-5-3-4-14(10-16)20(21,22)23/h3-5,10-11,13,28H,6-9,12H2,1-2H3,(H,24,25)/t13-/m0/s1. The van der Waals surface area contributed by atoms with Crippen LogP contribution in [0, 0.1) is 0 Å². The number of amides is 1. The number of aromatic amines is 1. The van der Waals surface area contributed by atoms with Crippen LogP contribution in [-0.2, 0) is 17.4 Å². The molecule has 0 spiro atoms. The maximum atomic E-state index is 12.7. The number of H-pyrrole nitrogens is 1. The topological polar surface area (TPSA) is 78.5 Å². The van der Waals surface area contributed by atoms with Crippen LogP contribution in [0.1, 0.15) is 43.1 Å². The van der Waals surface area contributed by atoms with Gasteiger partial charge in [-0.2, -0.15) is 18.3 Å². The van der Waals surface area contributed by atoms with Crippen LogP contribution in [0.25, 0.3) is 0 Å². The summed E-state index contributed by atoms with van der Waals surface area (Å²) in [7, 11) is 0. The predicted molar refractivity (Wildman–Crippen MR) is 99.5 cm³/mol. The highest BCUT2D eigenvalue weighted by Crippen LogP contribution is 2.31. The van der Waals surface area contributed by atoms with Crippen LogP contribution < -0.4 is 4.74 Å². The fourth-order valence-electron chi connectivity index (χ4n) is 3.33. The van der Waals surface area contributed by atoms with E-state index in [1.54, 1.807) is 4.90 Å². The van der Waals surface area contributed by atoms with Gasteiger partial charge >= 0.3 is 6.18 Å². The molecule has 2 N–H and O–H groups in total. The monoisotopic (exact) mass is 411 g/mol. The van der Waals surface area contributed by atoms with E-state index in [0.29, 0.717) is 19.5 Å². The molecule has 0 saturated carbocycles. The summed E-state index contributed by atoms with van der Waals surface area (Å²) in [5.41, 5.74) is -0.513. The average molecular weight is 411 g/mol. The lowest BCUT2D eigenvalue weighted by Gasteiger charge is -2.24. The minimum Gasteiger partial charge on any atom is -0.493 e. The first kappa shape index (κ1) is 21.2. The number of nitrogens with zero attached hydrogens (tertiary/aromatic N) is 2. The molecular weight excluding hydrogens is 387 g/mol. The maximum absolute atomic E-state index is 12.7. The van der Waals surface area contributed by atoms with Crippen molar-refractivity contribution < 1.29 is 27.8 Å². The van der Waals surface area contributed by atoms with E-state index in [2.05, 4.69) is 10.2 Å². The summed E-state index contributed by atoms with van der Waals surface area (Å²) in [5, 5.41) is 17.1. The Balaban J connectivity index is 1.52. The van der Waals surface area contributed by atoms with E-state index in [1.165, 1.54) is 26.0 Å². The third kappa shape index (κ3) is 5.29. The van der Waals surface area contributed by atoms with Crippen molar-refractivity contribution in [2.24, 2.45) is 0 Å². The van der Waals surface area contributed by atoms with E-state index in [4.69, 9.17) is 4.74 Å². The second kappa shape index (κ2) is 8.06. The Bertz CT molecular complexity index is 858. The van der Waals surface area contributed by atoms with Gasteiger partial charge in [0.2, 0.25) is 0 Å². The molecule has 1 aliphatic rings. The molecule has 1 aromatic heterocycles. The summed E-state index contributed by atoms with van der Waals surface area (Å²) < 4.78 is 43.7. The van der Waals surface area contributed by atoms with Crippen molar-refractivity contribution in [3.63, 3.8) is 0 Å². The molecule has 6 nitrogen and oxygen atoms in total. The second-order valence-corrected chi connectivity index (χ2v) is 7.74. The van der Waals surface area contributed by atoms with Crippen LogP contribution in [0.4, 0.5) is 13.2 Å². The molecule has 1 amide bonds. The van der Waals surface area contributed by atoms with Crippen LogP contribution in [0.5, 0.6) is 5.75 Å². The first-order valence-electron chi connectivity index (χ1n) is 9.40. The Morgan fingerprint density at radius 2 is 2.10 bits per heavy atom. The zero-order chi connectivity index (χ0) is 21.2. The SMILES string of the molecule is CC(C)(O)C(=O)N1CC[C@H](c2cc(CCOc3cccc(C(F)(F)F)c3)[nH]n2)C1. The van der Waals surface area contributed by atoms with Crippen LogP contribution in [-0.4, -0.2) is 51.4 Å². The lowest BCUT2D eigenvalue weighted by atomic mass is 10.0. The number of nitrogens with one attached hydrogen (secondary N) is 1. The van der Waals surface area contributed by atoms with E-state index >= 15 is 0 Å². The number of carbonyl (C=O) groups is 1. The zero-order valence-electron chi connectivity index (χ0n) is 16.3. The van der Waals surface area contributed by atoms with Gasteiger partial charge in [0.1, 0.15) is 11.4 Å². The predicted octanol–water partition coefficient (Wildman–Crippen LogP) is 3.14. The molecule has 1 atom stereocenters. The number of rotatable bonds is 6. The number of carbonyl (C=O) groups excluding carboxylic acids is 1. The maximum Gasteiger partial charge on any atom is 0.416 e. The minimum absolute atomic E-state index is 0.0793. The molecule has 2 aromatic rings. The molecule has 0 unspecified atom stereocenters. The molecule has 1 aliphatic heterocycles. The summed E-state index contributed by atoms with van der Waals surface area (Å²) in [6, 6.07) is 6.67. The molecule has 158 valence electrons. The number of aromatic nitrogens is 2. The van der Waals surface area contributed by atoms with Gasteiger partial charge < -0.3 is 14.7 Å². The van der Waals surface area contributed by atoms with Crippen LogP contribution >= 0.6 is 0 Å². The van der Waals surface area contributed by atoms with Gasteiger partial charge in [-0.15, -0.1) is 0 Å². The largest absolute Gasteiger partial charge is 0.493 e. The van der Waals surface area contributed by atoms with E-state index in [9.17, 15) is 23.1 Å². The van der Waals surface area contributed by atoms with E-state index < -0.39 is 17.3 Å². The summed E-state index contributed by atoms with van der Waals surface area (Å²) in [4.78, 5) is 13.8. The number of halogens is 3. The summed E-state index contributed by atoms with van der Waals surface area (Å²) in [5.74, 6) is -0.0583. The fourth-order valence-corrected chi connectivity index (χ4v) is 3.33. The average Bonchev–Trinajstić information content (AvgIpc) is 3.29. The third-order valence-electron chi connectivity index (χ3n) is 4.87. The van der Waals surface area contributed by atoms with Crippen LogP contribution in [0.15, 0.2) is 30.3 Å². The van der Waals surface area contributed by atoms with Crippen molar-refractivity contribution in [3.8, 4) is 5.75 Å². The smallest absolute Gasteiger partial charge is 0.416 e. The lowest BCUT2D eigenvalue weighted by Crippen LogP contribution is -2.43. The van der Waals surface area contributed by atoms with Crippen molar-refractivity contribution in [2.75, 3.05) is 19.7 Å². The van der Waals surface area contributed by atoms with Crippen molar-refractivity contribution >= 4 is 5.91 Å². The Morgan fingerprint density at radius 1 is 1.34 bits per heavy atom. The molecule has 2 heterocycles. The van der Waals surface area contributed by atoms with Gasteiger partial charge in [-0.3, -0.25) is 9.89 Å². The number of aliphatic hydroxyl groups is 1. The summed E-state index contributed by atoms with van der Waals surface area (Å²) in [6.07, 6.45) is -3.19. The quantitative estimate of drug-likeness (QED) is 0.766. The lowest BCUT2D eigenvalue weighted by molar-refractivity contribution is -0.146. The molecular formula is C20H24F3N3O3. The highest BCUT2D eigenvalue weighted by molar-refractivity contribution is 5.84. The number of hydrogen-bond donors (Lipinski definition) is 2. The Hall–Kier alpha value is -2.55. The van der Waals surface area contributed by atoms with E-state index in [1.807, 2.05) is 6.07 Å². The van der Waals surface area contributed by atoms with Crippen molar-refractivity contribution in [3.05, 3.63) is 47.3 Å². The van der Waals surface area contributed by atoms with Crippen LogP contribution in [0.3, 0.4) is 0 Å². The molecule has 0 radical (unpaired) electrons. The molecule has 1 aromatic carbocycles. The number of alkyl halides is 3. The van der Waals surface area contributed by atoms with Gasteiger partial charge in [0.25, 0.3) is 5.91 Å². The minimum atomic E-state index is -4.40. The van der Waals surface area contributed by atoms with Gasteiger partial charge in [0, 0.05) is 31.1 Å². The highest BCUT2D eigenvalue weighted by atomic mass is 19.4. The molecule has 3 rings (SSSR count). The first-order chi connectivity index (χ1) is 13.5. The number of likely N-dealkylation sites (tertiary alicyclic amines) is 1. The Morgan fingerprint density at radius 3 is 2.79 bits per heavy atom. The van der Waals surface area contributed by atoms with Gasteiger partial charge in [-0.1, -0.05) is 6.07 Å². The summed E-state index contributed by atoms with van der Waals surface area (Å²) >= 11 is 0.